The van der Waals surface area contributed by atoms with E-state index in [1.165, 1.54) is 18.1 Å². The van der Waals surface area contributed by atoms with E-state index in [1.807, 2.05) is 23.1 Å². The van der Waals surface area contributed by atoms with Gasteiger partial charge in [-0.05, 0) is 23.1 Å². The Hall–Kier alpha value is -2.92. The maximum Gasteiger partial charge on any atom is 0.221 e. The number of carbonyl (C=O) groups is 2. The van der Waals surface area contributed by atoms with E-state index >= 15 is 0 Å². The van der Waals surface area contributed by atoms with Crippen molar-refractivity contribution in [2.75, 3.05) is 6.54 Å². The molecule has 0 bridgehead atoms. The first kappa shape index (κ1) is 16.5. The van der Waals surface area contributed by atoms with Crippen LogP contribution >= 0.6 is 0 Å². The molecule has 4 rings (SSSR count). The van der Waals surface area contributed by atoms with Gasteiger partial charge >= 0.3 is 0 Å². The molecule has 0 radical (unpaired) electrons. The van der Waals surface area contributed by atoms with Gasteiger partial charge < -0.3 is 15.3 Å². The predicted molar refractivity (Wildman–Crippen MR) is 97.1 cm³/mol. The Kier molecular flexibility index (Phi) is 4.09. The highest BCUT2D eigenvalue weighted by atomic mass is 16.3. The Balaban J connectivity index is 1.80. The predicted octanol–water partition coefficient (Wildman–Crippen LogP) is 2.32. The second-order valence-corrected chi connectivity index (χ2v) is 6.70. The zero-order chi connectivity index (χ0) is 18.3. The van der Waals surface area contributed by atoms with Crippen LogP contribution in [0.15, 0.2) is 59.9 Å². The third-order valence-corrected chi connectivity index (χ3v) is 5.01. The molecule has 2 aromatic rings. The van der Waals surface area contributed by atoms with E-state index in [4.69, 9.17) is 0 Å². The SMILES string of the molecule is CC(=O)NC1=C(N2CCc3ccccc3C2)C(O)c2ccccc2C1=O. The molecular formula is C21H20N2O3. The van der Waals surface area contributed by atoms with E-state index < -0.39 is 6.10 Å². The van der Waals surface area contributed by atoms with Gasteiger partial charge in [0.1, 0.15) is 11.8 Å². The summed E-state index contributed by atoms with van der Waals surface area (Å²) in [6, 6.07) is 15.2. The number of fused-ring (bicyclic) bond motifs is 2. The maximum atomic E-state index is 13.0. The highest BCUT2D eigenvalue weighted by molar-refractivity contribution is 6.12. The van der Waals surface area contributed by atoms with E-state index in [0.717, 1.165) is 6.42 Å². The number of ketones is 1. The van der Waals surface area contributed by atoms with Crippen LogP contribution in [-0.2, 0) is 17.8 Å². The molecule has 0 fully saturated rings. The lowest BCUT2D eigenvalue weighted by molar-refractivity contribution is -0.118. The zero-order valence-corrected chi connectivity index (χ0v) is 14.5. The third-order valence-electron chi connectivity index (χ3n) is 5.01. The molecule has 1 aliphatic heterocycles. The summed E-state index contributed by atoms with van der Waals surface area (Å²) in [5.41, 5.74) is 4.14. The molecule has 1 atom stereocenters. The van der Waals surface area contributed by atoms with Crippen LogP contribution in [0.3, 0.4) is 0 Å². The normalized spacial score (nSPS) is 19.1. The summed E-state index contributed by atoms with van der Waals surface area (Å²) in [5.74, 6) is -0.579. The monoisotopic (exact) mass is 348 g/mol. The average molecular weight is 348 g/mol. The van der Waals surface area contributed by atoms with Crippen molar-refractivity contribution < 1.29 is 14.7 Å². The number of allylic oxidation sites excluding steroid dienone is 1. The molecule has 1 amide bonds. The van der Waals surface area contributed by atoms with Crippen LogP contribution in [0.5, 0.6) is 0 Å². The molecule has 26 heavy (non-hydrogen) atoms. The van der Waals surface area contributed by atoms with Gasteiger partial charge in [-0.1, -0.05) is 48.5 Å². The molecule has 1 aliphatic carbocycles. The first-order valence-electron chi connectivity index (χ1n) is 8.71. The van der Waals surface area contributed by atoms with Crippen molar-refractivity contribution in [3.63, 3.8) is 0 Å². The minimum absolute atomic E-state index is 0.183. The Labute approximate surface area is 151 Å². The Morgan fingerprint density at radius 3 is 2.58 bits per heavy atom. The second-order valence-electron chi connectivity index (χ2n) is 6.70. The smallest absolute Gasteiger partial charge is 0.221 e. The lowest BCUT2D eigenvalue weighted by Crippen LogP contribution is -2.40. The van der Waals surface area contributed by atoms with Crippen LogP contribution in [-0.4, -0.2) is 28.2 Å². The van der Waals surface area contributed by atoms with Gasteiger partial charge in [0.15, 0.2) is 0 Å². The molecule has 2 aliphatic rings. The highest BCUT2D eigenvalue weighted by Crippen LogP contribution is 2.37. The van der Waals surface area contributed by atoms with Gasteiger partial charge in [-0.25, -0.2) is 0 Å². The molecule has 0 aromatic heterocycles. The molecule has 0 spiro atoms. The lowest BCUT2D eigenvalue weighted by atomic mass is 9.87. The summed E-state index contributed by atoms with van der Waals surface area (Å²) in [6.45, 7) is 2.65. The van der Waals surface area contributed by atoms with E-state index in [9.17, 15) is 14.7 Å². The Morgan fingerprint density at radius 2 is 1.81 bits per heavy atom. The molecule has 0 saturated heterocycles. The van der Waals surface area contributed by atoms with Crippen LogP contribution in [0.4, 0.5) is 0 Å². The zero-order valence-electron chi connectivity index (χ0n) is 14.5. The van der Waals surface area contributed by atoms with Crippen molar-refractivity contribution in [1.29, 1.82) is 0 Å². The number of aliphatic hydroxyl groups is 1. The van der Waals surface area contributed by atoms with Crippen molar-refractivity contribution in [3.05, 3.63) is 82.2 Å². The molecule has 5 heteroatoms. The van der Waals surface area contributed by atoms with Gasteiger partial charge in [0.05, 0.1) is 5.70 Å². The van der Waals surface area contributed by atoms with Crippen LogP contribution in [0.2, 0.25) is 0 Å². The average Bonchev–Trinajstić information content (AvgIpc) is 2.65. The number of amides is 1. The number of benzene rings is 2. The number of Topliss-reactive ketones (excluding diaryl/α,β-unsaturated/α-hetero) is 1. The van der Waals surface area contributed by atoms with Gasteiger partial charge in [0.2, 0.25) is 11.7 Å². The van der Waals surface area contributed by atoms with Gasteiger partial charge in [0.25, 0.3) is 0 Å². The first-order valence-corrected chi connectivity index (χ1v) is 8.71. The Morgan fingerprint density at radius 1 is 1.12 bits per heavy atom. The summed E-state index contributed by atoms with van der Waals surface area (Å²) in [4.78, 5) is 26.7. The molecule has 2 N–H and O–H groups in total. The molecule has 1 heterocycles. The fourth-order valence-electron chi connectivity index (χ4n) is 3.81. The Bertz CT molecular complexity index is 932. The quantitative estimate of drug-likeness (QED) is 0.874. The third kappa shape index (κ3) is 2.70. The van der Waals surface area contributed by atoms with Crippen molar-refractivity contribution >= 4 is 11.7 Å². The summed E-state index contributed by atoms with van der Waals surface area (Å²) < 4.78 is 0. The van der Waals surface area contributed by atoms with Gasteiger partial charge in [-0.3, -0.25) is 9.59 Å². The summed E-state index contributed by atoms with van der Waals surface area (Å²) in [6.07, 6.45) is -0.119. The van der Waals surface area contributed by atoms with Gasteiger partial charge in [-0.15, -0.1) is 0 Å². The van der Waals surface area contributed by atoms with Gasteiger partial charge in [0, 0.05) is 25.6 Å². The number of hydrogen-bond donors (Lipinski definition) is 2. The summed E-state index contributed by atoms with van der Waals surface area (Å²) in [7, 11) is 0. The first-order chi connectivity index (χ1) is 12.6. The number of nitrogens with zero attached hydrogens (tertiary/aromatic N) is 1. The van der Waals surface area contributed by atoms with Crippen LogP contribution in [0.25, 0.3) is 0 Å². The van der Waals surface area contributed by atoms with E-state index in [0.29, 0.717) is 29.9 Å². The minimum Gasteiger partial charge on any atom is -0.382 e. The van der Waals surface area contributed by atoms with Crippen molar-refractivity contribution in [2.45, 2.75) is 26.0 Å². The number of aliphatic hydroxyl groups excluding tert-OH is 1. The summed E-state index contributed by atoms with van der Waals surface area (Å²) >= 11 is 0. The van der Waals surface area contributed by atoms with Crippen molar-refractivity contribution in [3.8, 4) is 0 Å². The highest BCUT2D eigenvalue weighted by Gasteiger charge is 2.36. The standard InChI is InChI=1S/C21H20N2O3/c1-13(24)22-18-19(21(26)17-9-5-4-8-16(17)20(18)25)23-11-10-14-6-2-3-7-15(14)12-23/h2-9,21,26H,10-12H2,1H3,(H,22,24). The van der Waals surface area contributed by atoms with E-state index in [2.05, 4.69) is 17.4 Å². The molecule has 5 nitrogen and oxygen atoms in total. The fraction of sp³-hybridized carbons (Fsp3) is 0.238. The maximum absolute atomic E-state index is 13.0. The van der Waals surface area contributed by atoms with Crippen molar-refractivity contribution in [2.24, 2.45) is 0 Å². The van der Waals surface area contributed by atoms with Gasteiger partial charge in [-0.2, -0.15) is 0 Å². The van der Waals surface area contributed by atoms with E-state index in [-0.39, 0.29) is 17.4 Å². The number of carbonyl (C=O) groups excluding carboxylic acids is 2. The molecule has 2 aromatic carbocycles. The summed E-state index contributed by atoms with van der Waals surface area (Å²) in [5, 5.41) is 13.7. The number of nitrogens with one attached hydrogen (secondary N) is 1. The molecular weight excluding hydrogens is 328 g/mol. The molecule has 1 unspecified atom stereocenters. The largest absolute Gasteiger partial charge is 0.382 e. The van der Waals surface area contributed by atoms with Crippen LogP contribution < -0.4 is 5.32 Å². The van der Waals surface area contributed by atoms with Crippen LogP contribution in [0.1, 0.15) is 40.1 Å². The molecule has 0 saturated carbocycles. The topological polar surface area (TPSA) is 69.6 Å². The lowest BCUT2D eigenvalue weighted by Gasteiger charge is -2.38. The minimum atomic E-state index is -0.948. The van der Waals surface area contributed by atoms with E-state index in [1.54, 1.807) is 18.2 Å². The van der Waals surface area contributed by atoms with Crippen LogP contribution in [0, 0.1) is 0 Å². The molecule has 132 valence electrons. The fourth-order valence-corrected chi connectivity index (χ4v) is 3.81. The number of rotatable bonds is 2. The number of hydrogen-bond acceptors (Lipinski definition) is 4. The van der Waals surface area contributed by atoms with Crippen molar-refractivity contribution in [1.82, 2.24) is 10.2 Å². The second kappa shape index (κ2) is 6.42.